The van der Waals surface area contributed by atoms with Crippen molar-refractivity contribution < 1.29 is 18.6 Å². The lowest BCUT2D eigenvalue weighted by Gasteiger charge is -2.14. The molecule has 0 atom stereocenters. The highest BCUT2D eigenvalue weighted by Gasteiger charge is 2.18. The molecule has 0 fully saturated rings. The molecule has 0 saturated carbocycles. The van der Waals surface area contributed by atoms with Gasteiger partial charge in [0.1, 0.15) is 22.9 Å². The molecule has 3 rings (SSSR count). The molecule has 0 bridgehead atoms. The molecular formula is C19H21N3O4. The number of oxazole rings is 1. The molecule has 1 aromatic heterocycles. The van der Waals surface area contributed by atoms with Gasteiger partial charge in [0.25, 0.3) is 0 Å². The van der Waals surface area contributed by atoms with Crippen molar-refractivity contribution in [2.75, 3.05) is 27.1 Å². The summed E-state index contributed by atoms with van der Waals surface area (Å²) in [5.74, 6) is 2.45. The van der Waals surface area contributed by atoms with Gasteiger partial charge < -0.3 is 30.1 Å². The zero-order valence-electron chi connectivity index (χ0n) is 14.9. The van der Waals surface area contributed by atoms with Crippen LogP contribution in [0.4, 0.5) is 5.69 Å². The molecule has 0 saturated heterocycles. The number of nitrogens with zero attached hydrogens (tertiary/aromatic N) is 1. The highest BCUT2D eigenvalue weighted by Crippen LogP contribution is 2.39. The quantitative estimate of drug-likeness (QED) is 0.655. The van der Waals surface area contributed by atoms with E-state index >= 15 is 0 Å². The lowest BCUT2D eigenvalue weighted by atomic mass is 10.0. The molecule has 0 unspecified atom stereocenters. The summed E-state index contributed by atoms with van der Waals surface area (Å²) in [6, 6.07) is 9.15. The minimum atomic E-state index is 0.299. The van der Waals surface area contributed by atoms with E-state index in [0.717, 1.165) is 16.7 Å². The molecule has 0 amide bonds. The van der Waals surface area contributed by atoms with Crippen LogP contribution in [0.3, 0.4) is 0 Å². The highest BCUT2D eigenvalue weighted by molar-refractivity contribution is 5.80. The number of hydrogen-bond donors (Lipinski definition) is 2. The van der Waals surface area contributed by atoms with Crippen molar-refractivity contribution in [3.63, 3.8) is 0 Å². The summed E-state index contributed by atoms with van der Waals surface area (Å²) in [5, 5.41) is 0. The van der Waals surface area contributed by atoms with Gasteiger partial charge in [0, 0.05) is 23.2 Å². The van der Waals surface area contributed by atoms with Gasteiger partial charge in [0.2, 0.25) is 0 Å². The van der Waals surface area contributed by atoms with Crippen LogP contribution in [0, 0.1) is 0 Å². The first-order chi connectivity index (χ1) is 12.6. The van der Waals surface area contributed by atoms with Crippen molar-refractivity contribution in [1.29, 1.82) is 0 Å². The Morgan fingerprint density at radius 3 is 2.12 bits per heavy atom. The molecule has 136 valence electrons. The van der Waals surface area contributed by atoms with Crippen LogP contribution < -0.4 is 25.7 Å². The van der Waals surface area contributed by atoms with E-state index in [4.69, 9.17) is 30.1 Å². The van der Waals surface area contributed by atoms with Crippen LogP contribution in [0.5, 0.6) is 17.2 Å². The monoisotopic (exact) mass is 355 g/mol. The van der Waals surface area contributed by atoms with Gasteiger partial charge >= 0.3 is 0 Å². The molecule has 2 aromatic carbocycles. The van der Waals surface area contributed by atoms with E-state index in [-0.39, 0.29) is 0 Å². The van der Waals surface area contributed by atoms with Crippen LogP contribution in [0.25, 0.3) is 22.6 Å². The van der Waals surface area contributed by atoms with Gasteiger partial charge in [-0.05, 0) is 30.3 Å². The molecule has 0 radical (unpaired) electrons. The first-order valence-corrected chi connectivity index (χ1v) is 7.95. The fraction of sp³-hybridized carbons (Fsp3) is 0.211. The Hall–Kier alpha value is -3.19. The predicted molar refractivity (Wildman–Crippen MR) is 99.3 cm³/mol. The van der Waals surface area contributed by atoms with Crippen molar-refractivity contribution in [3.05, 3.63) is 42.3 Å². The second-order valence-corrected chi connectivity index (χ2v) is 5.55. The number of ether oxygens (including phenoxy) is 3. The van der Waals surface area contributed by atoms with Crippen molar-refractivity contribution in [1.82, 2.24) is 4.98 Å². The lowest BCUT2D eigenvalue weighted by Crippen LogP contribution is -2.03. The Labute approximate surface area is 151 Å². The molecule has 0 aliphatic carbocycles. The Balaban J connectivity index is 2.13. The third kappa shape index (κ3) is 3.04. The lowest BCUT2D eigenvalue weighted by molar-refractivity contribution is 0.386. The molecule has 1 heterocycles. The Morgan fingerprint density at radius 2 is 1.58 bits per heavy atom. The Bertz CT molecular complexity index is 896. The Kier molecular flexibility index (Phi) is 4.99. The second-order valence-electron chi connectivity index (χ2n) is 5.55. The molecule has 7 heteroatoms. The maximum Gasteiger partial charge on any atom is 0.182 e. The summed E-state index contributed by atoms with van der Waals surface area (Å²) in [6.07, 6.45) is 1.39. The smallest absolute Gasteiger partial charge is 0.182 e. The van der Waals surface area contributed by atoms with Gasteiger partial charge in [-0.15, -0.1) is 0 Å². The summed E-state index contributed by atoms with van der Waals surface area (Å²) in [4.78, 5) is 4.36. The zero-order chi connectivity index (χ0) is 18.7. The van der Waals surface area contributed by atoms with E-state index in [1.54, 1.807) is 33.5 Å². The molecule has 3 aromatic rings. The van der Waals surface area contributed by atoms with E-state index in [1.807, 2.05) is 18.2 Å². The summed E-state index contributed by atoms with van der Waals surface area (Å²) >= 11 is 0. The molecular weight excluding hydrogens is 334 g/mol. The molecule has 26 heavy (non-hydrogen) atoms. The molecule has 0 aliphatic heterocycles. The van der Waals surface area contributed by atoms with E-state index in [2.05, 4.69) is 4.98 Å². The maximum absolute atomic E-state index is 6.01. The first kappa shape index (κ1) is 17.6. The average molecular weight is 355 g/mol. The van der Waals surface area contributed by atoms with Gasteiger partial charge in [-0.1, -0.05) is 0 Å². The third-order valence-electron chi connectivity index (χ3n) is 4.14. The molecule has 7 nitrogen and oxygen atoms in total. The SMILES string of the molecule is COc1ccc(-c2ocnc2-c2cc(OC)c(CN)c(OC)c2)cc1N. The average Bonchev–Trinajstić information content (AvgIpc) is 3.16. The topological polar surface area (TPSA) is 106 Å². The van der Waals surface area contributed by atoms with E-state index in [0.29, 0.717) is 40.9 Å². The number of rotatable bonds is 6. The van der Waals surface area contributed by atoms with Gasteiger partial charge in [0.05, 0.1) is 27.0 Å². The number of aromatic nitrogens is 1. The van der Waals surface area contributed by atoms with Crippen molar-refractivity contribution in [2.45, 2.75) is 6.54 Å². The first-order valence-electron chi connectivity index (χ1n) is 7.95. The number of nitrogens with two attached hydrogens (primary N) is 2. The molecule has 0 spiro atoms. The molecule has 0 aliphatic rings. The minimum absolute atomic E-state index is 0.299. The summed E-state index contributed by atoms with van der Waals surface area (Å²) in [6.45, 7) is 0.299. The molecule has 4 N–H and O–H groups in total. The second kappa shape index (κ2) is 7.37. The van der Waals surface area contributed by atoms with Crippen LogP contribution >= 0.6 is 0 Å². The maximum atomic E-state index is 6.01. The Morgan fingerprint density at radius 1 is 0.923 bits per heavy atom. The largest absolute Gasteiger partial charge is 0.496 e. The van der Waals surface area contributed by atoms with Crippen molar-refractivity contribution in [3.8, 4) is 39.8 Å². The number of methoxy groups -OCH3 is 3. The van der Waals surface area contributed by atoms with Crippen molar-refractivity contribution in [2.24, 2.45) is 5.73 Å². The van der Waals surface area contributed by atoms with Gasteiger partial charge in [-0.2, -0.15) is 0 Å². The number of benzene rings is 2. The minimum Gasteiger partial charge on any atom is -0.496 e. The van der Waals surface area contributed by atoms with E-state index in [1.165, 1.54) is 6.39 Å². The van der Waals surface area contributed by atoms with Crippen LogP contribution in [0.15, 0.2) is 41.1 Å². The van der Waals surface area contributed by atoms with Gasteiger partial charge in [0.15, 0.2) is 12.2 Å². The summed E-state index contributed by atoms with van der Waals surface area (Å²) < 4.78 is 21.7. The predicted octanol–water partition coefficient (Wildman–Crippen LogP) is 3.08. The van der Waals surface area contributed by atoms with Crippen LogP contribution in [-0.4, -0.2) is 26.3 Å². The van der Waals surface area contributed by atoms with Gasteiger partial charge in [-0.25, -0.2) is 4.98 Å². The van der Waals surface area contributed by atoms with Crippen LogP contribution in [-0.2, 0) is 6.54 Å². The van der Waals surface area contributed by atoms with Crippen LogP contribution in [0.2, 0.25) is 0 Å². The fourth-order valence-corrected chi connectivity index (χ4v) is 2.85. The normalized spacial score (nSPS) is 10.6. The zero-order valence-corrected chi connectivity index (χ0v) is 14.9. The number of hydrogen-bond acceptors (Lipinski definition) is 7. The summed E-state index contributed by atoms with van der Waals surface area (Å²) in [5.41, 5.74) is 15.4. The van der Waals surface area contributed by atoms with Crippen LogP contribution in [0.1, 0.15) is 5.56 Å². The van der Waals surface area contributed by atoms with E-state index < -0.39 is 0 Å². The van der Waals surface area contributed by atoms with E-state index in [9.17, 15) is 0 Å². The highest BCUT2D eigenvalue weighted by atomic mass is 16.5. The summed E-state index contributed by atoms with van der Waals surface area (Å²) in [7, 11) is 4.75. The number of nitrogen functional groups attached to an aromatic ring is 1. The number of anilines is 1. The van der Waals surface area contributed by atoms with Gasteiger partial charge in [-0.3, -0.25) is 0 Å². The van der Waals surface area contributed by atoms with Crippen molar-refractivity contribution >= 4 is 5.69 Å². The fourth-order valence-electron chi connectivity index (χ4n) is 2.85. The standard InChI is InChI=1S/C19H21N3O4/c1-23-15-5-4-11(6-14(15)21)19-18(22-10-26-19)12-7-16(24-2)13(9-20)17(8-12)25-3/h4-8,10H,9,20-21H2,1-3H3. The third-order valence-corrected chi connectivity index (χ3v) is 4.14.